The van der Waals surface area contributed by atoms with Gasteiger partial charge in [0, 0.05) is 16.5 Å². The van der Waals surface area contributed by atoms with E-state index >= 15 is 0 Å². The highest BCUT2D eigenvalue weighted by molar-refractivity contribution is 7.99. The zero-order valence-corrected chi connectivity index (χ0v) is 15.7. The number of rotatable bonds is 9. The van der Waals surface area contributed by atoms with Gasteiger partial charge in [-0.3, -0.25) is 4.79 Å². The third-order valence-electron chi connectivity index (χ3n) is 3.95. The molecule has 0 saturated heterocycles. The Morgan fingerprint density at radius 3 is 2.19 bits per heavy atom. The molecule has 2 rings (SSSR count). The van der Waals surface area contributed by atoms with Gasteiger partial charge in [0.15, 0.2) is 29.1 Å². The van der Waals surface area contributed by atoms with Crippen molar-refractivity contribution in [3.63, 3.8) is 0 Å². The van der Waals surface area contributed by atoms with Crippen LogP contribution in [0.15, 0.2) is 41.3 Å². The Morgan fingerprint density at radius 1 is 0.963 bits per heavy atom. The SMILES string of the molecule is CCCCCCSc1ccc(C(=O)C=Cc2c(F)c(F)cc(F)c2F)cc1. The van der Waals surface area contributed by atoms with Crippen LogP contribution in [0, 0.1) is 23.3 Å². The fourth-order valence-electron chi connectivity index (χ4n) is 2.43. The smallest absolute Gasteiger partial charge is 0.185 e. The van der Waals surface area contributed by atoms with Gasteiger partial charge in [0.25, 0.3) is 0 Å². The van der Waals surface area contributed by atoms with Gasteiger partial charge in [-0.1, -0.05) is 26.2 Å². The fourth-order valence-corrected chi connectivity index (χ4v) is 3.34. The molecule has 0 atom stereocenters. The predicted octanol–water partition coefficient (Wildman–Crippen LogP) is 6.81. The second kappa shape index (κ2) is 10.3. The van der Waals surface area contributed by atoms with Crippen molar-refractivity contribution in [2.24, 2.45) is 0 Å². The summed E-state index contributed by atoms with van der Waals surface area (Å²) in [6.45, 7) is 2.16. The van der Waals surface area contributed by atoms with Crippen LogP contribution in [0.5, 0.6) is 0 Å². The first-order chi connectivity index (χ1) is 12.9. The minimum atomic E-state index is -1.53. The van der Waals surface area contributed by atoms with Gasteiger partial charge in [-0.25, -0.2) is 17.6 Å². The summed E-state index contributed by atoms with van der Waals surface area (Å²) in [4.78, 5) is 13.2. The van der Waals surface area contributed by atoms with Gasteiger partial charge in [-0.2, -0.15) is 0 Å². The van der Waals surface area contributed by atoms with Crippen molar-refractivity contribution in [2.75, 3.05) is 5.75 Å². The molecule has 6 heteroatoms. The van der Waals surface area contributed by atoms with Crippen LogP contribution >= 0.6 is 11.8 Å². The van der Waals surface area contributed by atoms with Crippen LogP contribution in [-0.2, 0) is 0 Å². The number of hydrogen-bond donors (Lipinski definition) is 0. The van der Waals surface area contributed by atoms with E-state index in [-0.39, 0.29) is 6.07 Å². The van der Waals surface area contributed by atoms with E-state index in [2.05, 4.69) is 6.92 Å². The molecular formula is C21H20F4OS. The molecule has 0 radical (unpaired) electrons. The number of benzene rings is 2. The zero-order chi connectivity index (χ0) is 19.8. The van der Waals surface area contributed by atoms with Crippen LogP contribution in [0.2, 0.25) is 0 Å². The van der Waals surface area contributed by atoms with Gasteiger partial charge in [0.2, 0.25) is 0 Å². The second-order valence-electron chi connectivity index (χ2n) is 6.01. The highest BCUT2D eigenvalue weighted by atomic mass is 32.2. The molecule has 0 bridgehead atoms. The Morgan fingerprint density at radius 2 is 1.59 bits per heavy atom. The zero-order valence-electron chi connectivity index (χ0n) is 14.9. The van der Waals surface area contributed by atoms with Gasteiger partial charge >= 0.3 is 0 Å². The van der Waals surface area contributed by atoms with Crippen LogP contribution in [0.1, 0.15) is 48.5 Å². The number of halogens is 4. The van der Waals surface area contributed by atoms with Crippen molar-refractivity contribution in [1.29, 1.82) is 0 Å². The van der Waals surface area contributed by atoms with Crippen molar-refractivity contribution in [2.45, 2.75) is 37.5 Å². The Balaban J connectivity index is 2.01. The van der Waals surface area contributed by atoms with Crippen molar-refractivity contribution in [3.05, 3.63) is 70.8 Å². The Labute approximate surface area is 160 Å². The van der Waals surface area contributed by atoms with E-state index in [0.717, 1.165) is 29.2 Å². The number of hydrogen-bond acceptors (Lipinski definition) is 2. The van der Waals surface area contributed by atoms with Gasteiger partial charge in [0.1, 0.15) is 0 Å². The molecule has 0 N–H and O–H groups in total. The Bertz CT molecular complexity index is 790. The highest BCUT2D eigenvalue weighted by Gasteiger charge is 2.17. The molecular weight excluding hydrogens is 376 g/mol. The fraction of sp³-hybridized carbons (Fsp3) is 0.286. The number of carbonyl (C=O) groups excluding carboxylic acids is 1. The lowest BCUT2D eigenvalue weighted by molar-refractivity contribution is 0.104. The number of unbranched alkanes of at least 4 members (excludes halogenated alkanes) is 3. The molecule has 27 heavy (non-hydrogen) atoms. The lowest BCUT2D eigenvalue weighted by Crippen LogP contribution is -1.99. The molecule has 0 aromatic heterocycles. The largest absolute Gasteiger partial charge is 0.289 e. The first-order valence-electron chi connectivity index (χ1n) is 8.72. The van der Waals surface area contributed by atoms with Crippen molar-refractivity contribution in [1.82, 2.24) is 0 Å². The molecule has 0 unspecified atom stereocenters. The maximum atomic E-state index is 13.6. The maximum absolute atomic E-state index is 13.6. The molecule has 0 heterocycles. The van der Waals surface area contributed by atoms with Crippen LogP contribution in [0.4, 0.5) is 17.6 Å². The molecule has 0 saturated carbocycles. The summed E-state index contributed by atoms with van der Waals surface area (Å²) < 4.78 is 53.6. The van der Waals surface area contributed by atoms with Crippen LogP contribution in [0.25, 0.3) is 6.08 Å². The molecule has 0 spiro atoms. The topological polar surface area (TPSA) is 17.1 Å². The van der Waals surface area contributed by atoms with E-state index in [1.807, 2.05) is 0 Å². The summed E-state index contributed by atoms with van der Waals surface area (Å²) in [5, 5.41) is 0. The molecule has 0 amide bonds. The van der Waals surface area contributed by atoms with Gasteiger partial charge < -0.3 is 0 Å². The summed E-state index contributed by atoms with van der Waals surface area (Å²) in [5.41, 5.74) is -0.598. The van der Waals surface area contributed by atoms with Crippen LogP contribution < -0.4 is 0 Å². The summed E-state index contributed by atoms with van der Waals surface area (Å²) in [7, 11) is 0. The predicted molar refractivity (Wildman–Crippen MR) is 101 cm³/mol. The van der Waals surface area contributed by atoms with Gasteiger partial charge in [-0.05, 0) is 48.6 Å². The summed E-state index contributed by atoms with van der Waals surface area (Å²) >= 11 is 1.70. The van der Waals surface area contributed by atoms with Crippen LogP contribution in [-0.4, -0.2) is 11.5 Å². The van der Waals surface area contributed by atoms with E-state index in [4.69, 9.17) is 0 Å². The van der Waals surface area contributed by atoms with Crippen molar-refractivity contribution in [3.8, 4) is 0 Å². The van der Waals surface area contributed by atoms with E-state index in [1.165, 1.54) is 19.3 Å². The van der Waals surface area contributed by atoms with E-state index in [0.29, 0.717) is 5.56 Å². The Hall–Kier alpha value is -2.08. The third kappa shape index (κ3) is 5.96. The molecule has 0 aliphatic rings. The standard InChI is InChI=1S/C21H20F4OS/c1-2-3-4-5-12-27-15-8-6-14(7-9-15)19(26)11-10-16-20(24)17(22)13-18(23)21(16)25/h6-11,13H,2-5,12H2,1H3. The minimum Gasteiger partial charge on any atom is -0.289 e. The highest BCUT2D eigenvalue weighted by Crippen LogP contribution is 2.22. The molecule has 0 aliphatic carbocycles. The van der Waals surface area contributed by atoms with Crippen LogP contribution in [0.3, 0.4) is 0 Å². The minimum absolute atomic E-state index is 0.127. The molecule has 0 fully saturated rings. The average molecular weight is 396 g/mol. The second-order valence-corrected chi connectivity index (χ2v) is 7.18. The number of allylic oxidation sites excluding steroid dienone is 1. The summed E-state index contributed by atoms with van der Waals surface area (Å²) in [6, 6.07) is 6.95. The molecule has 1 nitrogen and oxygen atoms in total. The summed E-state index contributed by atoms with van der Waals surface area (Å²) in [5.74, 6) is -5.61. The number of thioether (sulfide) groups is 1. The quantitative estimate of drug-likeness (QED) is 0.116. The van der Waals surface area contributed by atoms with Crippen molar-refractivity contribution < 1.29 is 22.4 Å². The maximum Gasteiger partial charge on any atom is 0.185 e. The number of ketones is 1. The first-order valence-corrected chi connectivity index (χ1v) is 9.70. The summed E-state index contributed by atoms with van der Waals surface area (Å²) in [6.07, 6.45) is 6.37. The Kier molecular flexibility index (Phi) is 8.10. The average Bonchev–Trinajstić information content (AvgIpc) is 2.66. The molecule has 2 aromatic carbocycles. The molecule has 2 aromatic rings. The molecule has 144 valence electrons. The van der Waals surface area contributed by atoms with E-state index in [9.17, 15) is 22.4 Å². The van der Waals surface area contributed by atoms with E-state index in [1.54, 1.807) is 36.0 Å². The lowest BCUT2D eigenvalue weighted by atomic mass is 10.1. The normalized spacial score (nSPS) is 11.3. The first kappa shape index (κ1) is 21.2. The van der Waals surface area contributed by atoms with Crippen molar-refractivity contribution >= 4 is 23.6 Å². The monoisotopic (exact) mass is 396 g/mol. The van der Waals surface area contributed by atoms with E-state index < -0.39 is 34.6 Å². The lowest BCUT2D eigenvalue weighted by Gasteiger charge is -2.03. The third-order valence-corrected chi connectivity index (χ3v) is 5.05. The number of carbonyl (C=O) groups is 1. The molecule has 0 aliphatic heterocycles. The van der Waals surface area contributed by atoms with Gasteiger partial charge in [-0.15, -0.1) is 11.8 Å². The van der Waals surface area contributed by atoms with Gasteiger partial charge in [0.05, 0.1) is 5.56 Å².